The highest BCUT2D eigenvalue weighted by molar-refractivity contribution is 5.90. The molecule has 0 spiro atoms. The van der Waals surface area contributed by atoms with E-state index < -0.39 is 0 Å². The monoisotopic (exact) mass is 363 g/mol. The van der Waals surface area contributed by atoms with Gasteiger partial charge in [-0.05, 0) is 55.6 Å². The lowest BCUT2D eigenvalue weighted by molar-refractivity contribution is -0.116. The maximum Gasteiger partial charge on any atom is 0.224 e. The quantitative estimate of drug-likeness (QED) is 0.578. The van der Waals surface area contributed by atoms with Gasteiger partial charge in [0.2, 0.25) is 5.91 Å². The smallest absolute Gasteiger partial charge is 0.224 e. The Kier molecular flexibility index (Phi) is 25.3. The molecule has 1 aromatic carbocycles. The van der Waals surface area contributed by atoms with E-state index in [1.807, 2.05) is 44.2 Å². The minimum atomic E-state index is 0.0722. The summed E-state index contributed by atoms with van der Waals surface area (Å²) in [5.74, 6) is 0.464. The Morgan fingerprint density at radius 1 is 1.19 bits per heavy atom. The van der Waals surface area contributed by atoms with Crippen molar-refractivity contribution in [2.75, 3.05) is 11.9 Å². The molecule has 0 fully saturated rings. The minimum absolute atomic E-state index is 0.0722. The second kappa shape index (κ2) is 22.9. The topological polar surface area (TPSA) is 81.1 Å². The Morgan fingerprint density at radius 2 is 1.65 bits per heavy atom. The van der Waals surface area contributed by atoms with Gasteiger partial charge in [0.05, 0.1) is 0 Å². The third-order valence-electron chi connectivity index (χ3n) is 3.16. The number of hydrogen-bond donors (Lipinski definition) is 3. The largest absolute Gasteiger partial charge is 0.405 e. The van der Waals surface area contributed by atoms with E-state index in [-0.39, 0.29) is 5.91 Å². The van der Waals surface area contributed by atoms with E-state index in [1.165, 1.54) is 11.8 Å². The number of hydrogen-bond acceptors (Lipinski definition) is 3. The van der Waals surface area contributed by atoms with Crippen LogP contribution in [0.2, 0.25) is 0 Å². The average molecular weight is 364 g/mol. The molecule has 5 N–H and O–H groups in total. The number of rotatable bonds is 7. The molecular formula is C22H41N3O. The number of nitrogens with one attached hydrogen (secondary N) is 1. The molecule has 0 bridgehead atoms. The summed E-state index contributed by atoms with van der Waals surface area (Å²) in [4.78, 5) is 11.6. The predicted octanol–water partition coefficient (Wildman–Crippen LogP) is 5.26. The lowest BCUT2D eigenvalue weighted by Gasteiger charge is -2.07. The van der Waals surface area contributed by atoms with Crippen molar-refractivity contribution in [1.82, 2.24) is 0 Å². The second-order valence-corrected chi connectivity index (χ2v) is 5.37. The number of carbonyl (C=O) groups excluding carboxylic acids is 1. The minimum Gasteiger partial charge on any atom is -0.405 e. The molecule has 0 aromatic heterocycles. The van der Waals surface area contributed by atoms with E-state index in [0.29, 0.717) is 12.3 Å². The van der Waals surface area contributed by atoms with Crippen LogP contribution in [0.3, 0.4) is 0 Å². The summed E-state index contributed by atoms with van der Waals surface area (Å²) in [5.41, 5.74) is 11.8. The van der Waals surface area contributed by atoms with Gasteiger partial charge in [0.1, 0.15) is 0 Å². The normalized spacial score (nSPS) is 9.62. The van der Waals surface area contributed by atoms with Gasteiger partial charge in [0, 0.05) is 12.1 Å². The van der Waals surface area contributed by atoms with Crippen molar-refractivity contribution in [3.8, 4) is 0 Å². The van der Waals surface area contributed by atoms with Crippen molar-refractivity contribution in [3.05, 3.63) is 55.3 Å². The van der Waals surface area contributed by atoms with Gasteiger partial charge in [-0.1, -0.05) is 59.4 Å². The number of amides is 1. The van der Waals surface area contributed by atoms with Gasteiger partial charge in [-0.3, -0.25) is 4.79 Å². The van der Waals surface area contributed by atoms with E-state index in [0.717, 1.165) is 31.5 Å². The number of anilines is 1. The van der Waals surface area contributed by atoms with Gasteiger partial charge in [-0.15, -0.1) is 6.58 Å². The van der Waals surface area contributed by atoms with Crippen LogP contribution in [0.25, 0.3) is 0 Å². The summed E-state index contributed by atoms with van der Waals surface area (Å²) in [7, 11) is 0. The van der Waals surface area contributed by atoms with E-state index in [4.69, 9.17) is 5.73 Å². The molecule has 0 aliphatic carbocycles. The first-order chi connectivity index (χ1) is 12.5. The van der Waals surface area contributed by atoms with E-state index in [2.05, 4.69) is 45.0 Å². The third kappa shape index (κ3) is 20.0. The molecule has 0 saturated carbocycles. The molecule has 4 heteroatoms. The average Bonchev–Trinajstić information content (AvgIpc) is 2.69. The van der Waals surface area contributed by atoms with Gasteiger partial charge >= 0.3 is 0 Å². The van der Waals surface area contributed by atoms with Gasteiger partial charge in [0.15, 0.2) is 0 Å². The molecule has 1 amide bonds. The number of carbonyl (C=O) groups is 1. The summed E-state index contributed by atoms with van der Waals surface area (Å²) >= 11 is 0. The van der Waals surface area contributed by atoms with E-state index >= 15 is 0 Å². The lowest BCUT2D eigenvalue weighted by atomic mass is 10.1. The van der Waals surface area contributed by atoms with Crippen molar-refractivity contribution in [2.45, 2.75) is 60.3 Å². The van der Waals surface area contributed by atoms with E-state index in [1.54, 1.807) is 0 Å². The van der Waals surface area contributed by atoms with Crippen LogP contribution in [0.15, 0.2) is 49.7 Å². The fourth-order valence-corrected chi connectivity index (χ4v) is 1.52. The highest BCUT2D eigenvalue weighted by Crippen LogP contribution is 2.12. The molecule has 1 aromatic rings. The SMILES string of the molecule is C=CC(C)CCC(=O)Nc1ccc(CC)cc1.C=CN.CC.CCCN. The zero-order valence-corrected chi connectivity index (χ0v) is 17.6. The number of aryl methyl sites for hydroxylation is 1. The molecule has 1 rings (SSSR count). The lowest BCUT2D eigenvalue weighted by Crippen LogP contribution is -2.12. The Bertz CT molecular complexity index is 439. The Balaban J connectivity index is -0.000000495. The van der Waals surface area contributed by atoms with Crippen molar-refractivity contribution < 1.29 is 4.79 Å². The molecule has 0 heterocycles. The first-order valence-corrected chi connectivity index (χ1v) is 9.52. The van der Waals surface area contributed by atoms with Crippen molar-refractivity contribution in [3.63, 3.8) is 0 Å². The summed E-state index contributed by atoms with van der Waals surface area (Å²) in [6.45, 7) is 17.9. The maximum atomic E-state index is 11.6. The fraction of sp³-hybridized carbons (Fsp3) is 0.500. The Morgan fingerprint density at radius 3 is 2.00 bits per heavy atom. The summed E-state index contributed by atoms with van der Waals surface area (Å²) < 4.78 is 0. The molecule has 26 heavy (non-hydrogen) atoms. The number of nitrogens with two attached hydrogens (primary N) is 2. The van der Waals surface area contributed by atoms with Crippen LogP contribution >= 0.6 is 0 Å². The first-order valence-electron chi connectivity index (χ1n) is 9.52. The van der Waals surface area contributed by atoms with Crippen LogP contribution < -0.4 is 16.8 Å². The van der Waals surface area contributed by atoms with Gasteiger partial charge in [-0.25, -0.2) is 0 Å². The number of allylic oxidation sites excluding steroid dienone is 1. The second-order valence-electron chi connectivity index (χ2n) is 5.37. The molecule has 150 valence electrons. The van der Waals surface area contributed by atoms with Crippen LogP contribution in [0.5, 0.6) is 0 Å². The van der Waals surface area contributed by atoms with Gasteiger partial charge in [0.25, 0.3) is 0 Å². The molecule has 0 aliphatic heterocycles. The standard InChI is InChI=1S/C15H21NO.C3H9N.C2H5N.C2H6/c1-4-12(3)6-11-15(17)16-14-9-7-13(5-2)8-10-14;1-2-3-4;1-2-3;1-2/h4,7-10,12H,1,5-6,11H2,2-3H3,(H,16,17);2-4H2,1H3;2H,1,3H2;1-2H3. The van der Waals surface area contributed by atoms with Crippen molar-refractivity contribution >= 4 is 11.6 Å². The van der Waals surface area contributed by atoms with Gasteiger partial charge < -0.3 is 16.8 Å². The zero-order chi connectivity index (χ0) is 20.8. The maximum absolute atomic E-state index is 11.6. The summed E-state index contributed by atoms with van der Waals surface area (Å²) in [6, 6.07) is 7.99. The predicted molar refractivity (Wildman–Crippen MR) is 118 cm³/mol. The van der Waals surface area contributed by atoms with E-state index in [9.17, 15) is 4.79 Å². The Labute approximate surface area is 161 Å². The molecule has 0 aliphatic rings. The fourth-order valence-electron chi connectivity index (χ4n) is 1.52. The van der Waals surface area contributed by atoms with Crippen molar-refractivity contribution in [2.24, 2.45) is 17.4 Å². The summed E-state index contributed by atoms with van der Waals surface area (Å²) in [6.07, 6.45) is 6.64. The molecule has 0 radical (unpaired) electrons. The highest BCUT2D eigenvalue weighted by Gasteiger charge is 2.04. The van der Waals surface area contributed by atoms with Crippen LogP contribution in [0, 0.1) is 5.92 Å². The van der Waals surface area contributed by atoms with Crippen LogP contribution in [-0.2, 0) is 11.2 Å². The molecule has 1 unspecified atom stereocenters. The van der Waals surface area contributed by atoms with Crippen LogP contribution in [0.1, 0.15) is 59.4 Å². The first kappa shape index (κ1) is 28.7. The molecular weight excluding hydrogens is 322 g/mol. The molecule has 1 atom stereocenters. The number of benzene rings is 1. The molecule has 0 saturated heterocycles. The Hall–Kier alpha value is -2.07. The van der Waals surface area contributed by atoms with Crippen LogP contribution in [-0.4, -0.2) is 12.5 Å². The zero-order valence-electron chi connectivity index (χ0n) is 17.6. The highest BCUT2D eigenvalue weighted by atomic mass is 16.1. The third-order valence-corrected chi connectivity index (χ3v) is 3.16. The molecule has 4 nitrogen and oxygen atoms in total. The van der Waals surface area contributed by atoms with Gasteiger partial charge in [-0.2, -0.15) is 0 Å². The van der Waals surface area contributed by atoms with Crippen LogP contribution in [0.4, 0.5) is 5.69 Å². The summed E-state index contributed by atoms with van der Waals surface area (Å²) in [5, 5.41) is 2.90. The van der Waals surface area contributed by atoms with Crippen molar-refractivity contribution in [1.29, 1.82) is 0 Å².